The van der Waals surface area contributed by atoms with Crippen LogP contribution in [0.3, 0.4) is 0 Å². The molecule has 104 valence electrons. The van der Waals surface area contributed by atoms with Crippen LogP contribution in [-0.4, -0.2) is 6.54 Å². The van der Waals surface area contributed by atoms with E-state index >= 15 is 0 Å². The lowest BCUT2D eigenvalue weighted by Crippen LogP contribution is -2.00. The number of rotatable bonds is 4. The molecule has 0 aliphatic heterocycles. The SMILES string of the molecule is CC(=Cc1cc(F)c(Oc2ccccc2)c(F)c1)CN. The maximum atomic E-state index is 13.9. The lowest BCUT2D eigenvalue weighted by atomic mass is 10.1. The van der Waals surface area contributed by atoms with Gasteiger partial charge in [-0.1, -0.05) is 29.8 Å². The van der Waals surface area contributed by atoms with Gasteiger partial charge in [-0.3, -0.25) is 0 Å². The van der Waals surface area contributed by atoms with Crippen molar-refractivity contribution in [3.63, 3.8) is 0 Å². The van der Waals surface area contributed by atoms with E-state index in [1.165, 1.54) is 12.1 Å². The molecule has 2 nitrogen and oxygen atoms in total. The fraction of sp³-hybridized carbons (Fsp3) is 0.125. The van der Waals surface area contributed by atoms with Gasteiger partial charge in [0.25, 0.3) is 0 Å². The summed E-state index contributed by atoms with van der Waals surface area (Å²) in [6.07, 6.45) is 1.64. The number of halogens is 2. The summed E-state index contributed by atoms with van der Waals surface area (Å²) in [5.74, 6) is -1.51. The van der Waals surface area contributed by atoms with E-state index in [-0.39, 0.29) is 0 Å². The molecule has 2 aromatic carbocycles. The first kappa shape index (κ1) is 14.2. The monoisotopic (exact) mass is 275 g/mol. The second-order valence-corrected chi connectivity index (χ2v) is 4.42. The van der Waals surface area contributed by atoms with Gasteiger partial charge in [-0.15, -0.1) is 0 Å². The fourth-order valence-electron chi connectivity index (χ4n) is 1.71. The summed E-state index contributed by atoms with van der Waals surface area (Å²) in [7, 11) is 0. The third-order valence-corrected chi connectivity index (χ3v) is 2.72. The normalized spacial score (nSPS) is 11.5. The minimum atomic E-state index is -0.745. The molecule has 20 heavy (non-hydrogen) atoms. The number of benzene rings is 2. The molecule has 0 aliphatic carbocycles. The maximum Gasteiger partial charge on any atom is 0.198 e. The fourth-order valence-corrected chi connectivity index (χ4v) is 1.71. The molecule has 2 N–H and O–H groups in total. The lowest BCUT2D eigenvalue weighted by molar-refractivity contribution is 0.407. The van der Waals surface area contributed by atoms with Crippen molar-refractivity contribution in [3.8, 4) is 11.5 Å². The Labute approximate surface area is 116 Å². The van der Waals surface area contributed by atoms with Crippen molar-refractivity contribution in [1.29, 1.82) is 0 Å². The van der Waals surface area contributed by atoms with Crippen LogP contribution in [-0.2, 0) is 0 Å². The van der Waals surface area contributed by atoms with Crippen LogP contribution in [0.2, 0.25) is 0 Å². The highest BCUT2D eigenvalue weighted by atomic mass is 19.1. The summed E-state index contributed by atoms with van der Waals surface area (Å²) in [6.45, 7) is 2.13. The zero-order valence-electron chi connectivity index (χ0n) is 11.1. The molecule has 0 unspecified atom stereocenters. The molecule has 0 bridgehead atoms. The van der Waals surface area contributed by atoms with Gasteiger partial charge in [0.2, 0.25) is 0 Å². The quantitative estimate of drug-likeness (QED) is 0.911. The summed E-state index contributed by atoms with van der Waals surface area (Å²) in [4.78, 5) is 0. The summed E-state index contributed by atoms with van der Waals surface area (Å²) in [5, 5.41) is 0. The number of ether oxygens (including phenoxy) is 1. The van der Waals surface area contributed by atoms with E-state index < -0.39 is 17.4 Å². The Morgan fingerprint density at radius 3 is 2.30 bits per heavy atom. The summed E-state index contributed by atoms with van der Waals surface area (Å²) in [5.41, 5.74) is 6.70. The van der Waals surface area contributed by atoms with Crippen LogP contribution in [0.15, 0.2) is 48.0 Å². The van der Waals surface area contributed by atoms with Gasteiger partial charge in [0.15, 0.2) is 17.4 Å². The van der Waals surface area contributed by atoms with Gasteiger partial charge in [-0.25, -0.2) is 8.78 Å². The summed E-state index contributed by atoms with van der Waals surface area (Å²) in [6, 6.07) is 11.0. The highest BCUT2D eigenvalue weighted by Crippen LogP contribution is 2.29. The van der Waals surface area contributed by atoms with Crippen LogP contribution >= 0.6 is 0 Å². The molecule has 0 aliphatic rings. The van der Waals surface area contributed by atoms with E-state index in [4.69, 9.17) is 10.5 Å². The Balaban J connectivity index is 2.32. The van der Waals surface area contributed by atoms with Crippen molar-refractivity contribution in [2.75, 3.05) is 6.54 Å². The standard InChI is InChI=1S/C16H15F2NO/c1-11(10-19)7-12-8-14(17)16(15(18)9-12)20-13-5-3-2-4-6-13/h2-9H,10,19H2,1H3. The molecule has 0 heterocycles. The van der Waals surface area contributed by atoms with E-state index in [1.54, 1.807) is 43.3 Å². The Kier molecular flexibility index (Phi) is 4.48. The van der Waals surface area contributed by atoms with Crippen molar-refractivity contribution >= 4 is 6.08 Å². The smallest absolute Gasteiger partial charge is 0.198 e. The second-order valence-electron chi connectivity index (χ2n) is 4.42. The number of para-hydroxylation sites is 1. The molecular formula is C16H15F2NO. The van der Waals surface area contributed by atoms with Crippen LogP contribution in [0.5, 0.6) is 11.5 Å². The van der Waals surface area contributed by atoms with Gasteiger partial charge in [0, 0.05) is 6.54 Å². The first-order valence-electron chi connectivity index (χ1n) is 6.19. The van der Waals surface area contributed by atoms with Gasteiger partial charge >= 0.3 is 0 Å². The van der Waals surface area contributed by atoms with Gasteiger partial charge in [-0.2, -0.15) is 0 Å². The number of hydrogen-bond donors (Lipinski definition) is 1. The van der Waals surface area contributed by atoms with E-state index in [2.05, 4.69) is 0 Å². The molecule has 0 atom stereocenters. The third-order valence-electron chi connectivity index (χ3n) is 2.72. The molecule has 0 aromatic heterocycles. The first-order chi connectivity index (χ1) is 9.60. The van der Waals surface area contributed by atoms with Gasteiger partial charge in [0.1, 0.15) is 5.75 Å². The van der Waals surface area contributed by atoms with Crippen molar-refractivity contribution in [2.24, 2.45) is 5.73 Å². The minimum Gasteiger partial charge on any atom is -0.451 e. The third kappa shape index (κ3) is 3.42. The Morgan fingerprint density at radius 2 is 1.75 bits per heavy atom. The number of nitrogens with two attached hydrogens (primary N) is 1. The predicted molar refractivity (Wildman–Crippen MR) is 75.6 cm³/mol. The van der Waals surface area contributed by atoms with Gasteiger partial charge in [0.05, 0.1) is 0 Å². The molecule has 0 saturated carbocycles. The molecule has 0 radical (unpaired) electrons. The Hall–Kier alpha value is -2.20. The Morgan fingerprint density at radius 1 is 1.15 bits per heavy atom. The largest absolute Gasteiger partial charge is 0.451 e. The van der Waals surface area contributed by atoms with E-state index in [1.807, 2.05) is 0 Å². The first-order valence-corrected chi connectivity index (χ1v) is 6.19. The zero-order valence-corrected chi connectivity index (χ0v) is 11.1. The van der Waals surface area contributed by atoms with Crippen molar-refractivity contribution in [2.45, 2.75) is 6.92 Å². The Bertz CT molecular complexity index is 601. The van der Waals surface area contributed by atoms with Crippen LogP contribution in [0.25, 0.3) is 6.08 Å². The molecule has 0 saturated heterocycles. The zero-order chi connectivity index (χ0) is 14.5. The summed E-state index contributed by atoms with van der Waals surface area (Å²) >= 11 is 0. The van der Waals surface area contributed by atoms with Crippen molar-refractivity contribution < 1.29 is 13.5 Å². The highest BCUT2D eigenvalue weighted by Gasteiger charge is 2.13. The van der Waals surface area contributed by atoms with E-state index in [0.717, 1.165) is 5.57 Å². The molecule has 0 amide bonds. The average Bonchev–Trinajstić information content (AvgIpc) is 2.44. The second kappa shape index (κ2) is 6.30. The van der Waals surface area contributed by atoms with E-state index in [0.29, 0.717) is 17.9 Å². The molecular weight excluding hydrogens is 260 g/mol. The predicted octanol–water partition coefficient (Wildman–Crippen LogP) is 4.12. The minimum absolute atomic E-state index is 0.339. The number of hydrogen-bond acceptors (Lipinski definition) is 2. The van der Waals surface area contributed by atoms with Crippen molar-refractivity contribution in [1.82, 2.24) is 0 Å². The van der Waals surface area contributed by atoms with E-state index in [9.17, 15) is 8.78 Å². The molecule has 4 heteroatoms. The van der Waals surface area contributed by atoms with Gasteiger partial charge < -0.3 is 10.5 Å². The molecule has 0 fully saturated rings. The summed E-state index contributed by atoms with van der Waals surface area (Å²) < 4.78 is 33.1. The van der Waals surface area contributed by atoms with Crippen molar-refractivity contribution in [3.05, 3.63) is 65.2 Å². The molecule has 2 rings (SSSR count). The van der Waals surface area contributed by atoms with Crippen LogP contribution in [0.4, 0.5) is 8.78 Å². The molecule has 2 aromatic rings. The lowest BCUT2D eigenvalue weighted by Gasteiger charge is -2.09. The average molecular weight is 275 g/mol. The van der Waals surface area contributed by atoms with Crippen LogP contribution in [0.1, 0.15) is 12.5 Å². The molecule has 0 spiro atoms. The maximum absolute atomic E-state index is 13.9. The van der Waals surface area contributed by atoms with Crippen LogP contribution < -0.4 is 10.5 Å². The van der Waals surface area contributed by atoms with Gasteiger partial charge in [-0.05, 0) is 36.8 Å². The topological polar surface area (TPSA) is 35.2 Å². The van der Waals surface area contributed by atoms with Crippen LogP contribution in [0, 0.1) is 11.6 Å². The highest BCUT2D eigenvalue weighted by molar-refractivity contribution is 5.54.